The predicted molar refractivity (Wildman–Crippen MR) is 79.4 cm³/mol. The summed E-state index contributed by atoms with van der Waals surface area (Å²) in [5, 5.41) is 0. The molecule has 1 saturated heterocycles. The number of nitrogens with zero attached hydrogens (tertiary/aromatic N) is 1. The summed E-state index contributed by atoms with van der Waals surface area (Å²) < 4.78 is 15.4. The fraction of sp³-hybridized carbons (Fsp3) is 0.500. The van der Waals surface area contributed by atoms with Crippen LogP contribution in [0.3, 0.4) is 0 Å². The van der Waals surface area contributed by atoms with Crippen LogP contribution in [-0.2, 0) is 20.8 Å². The van der Waals surface area contributed by atoms with E-state index in [0.29, 0.717) is 5.75 Å². The molecule has 0 bridgehead atoms. The molecule has 6 nitrogen and oxygen atoms in total. The molecule has 1 fully saturated rings. The van der Waals surface area contributed by atoms with Crippen LogP contribution < -0.4 is 4.74 Å². The Morgan fingerprint density at radius 3 is 2.68 bits per heavy atom. The van der Waals surface area contributed by atoms with Gasteiger partial charge in [-0.05, 0) is 23.6 Å². The molecule has 1 aromatic carbocycles. The molecule has 1 aliphatic heterocycles. The van der Waals surface area contributed by atoms with Gasteiger partial charge < -0.3 is 14.2 Å². The number of esters is 1. The maximum absolute atomic E-state index is 12.1. The highest BCUT2D eigenvalue weighted by Crippen LogP contribution is 2.28. The summed E-state index contributed by atoms with van der Waals surface area (Å²) in [6.07, 6.45) is -1.01. The second kappa shape index (κ2) is 6.68. The van der Waals surface area contributed by atoms with Gasteiger partial charge in [-0.25, -0.2) is 9.59 Å². The van der Waals surface area contributed by atoms with Crippen molar-refractivity contribution in [2.75, 3.05) is 14.2 Å². The monoisotopic (exact) mass is 307 g/mol. The van der Waals surface area contributed by atoms with Crippen LogP contribution in [0.1, 0.15) is 19.4 Å². The average molecular weight is 307 g/mol. The van der Waals surface area contributed by atoms with Gasteiger partial charge >= 0.3 is 12.1 Å². The molecule has 0 saturated carbocycles. The molecule has 1 amide bonds. The van der Waals surface area contributed by atoms with Gasteiger partial charge in [-0.15, -0.1) is 0 Å². The molecule has 2 rings (SSSR count). The molecule has 1 aliphatic rings. The van der Waals surface area contributed by atoms with Gasteiger partial charge in [0.25, 0.3) is 0 Å². The summed E-state index contributed by atoms with van der Waals surface area (Å²) in [6.45, 7) is 4.07. The van der Waals surface area contributed by atoms with Crippen LogP contribution in [0.25, 0.3) is 0 Å². The van der Waals surface area contributed by atoms with E-state index in [-0.39, 0.29) is 12.5 Å². The Morgan fingerprint density at radius 1 is 1.36 bits per heavy atom. The minimum absolute atomic E-state index is 0.0170. The SMILES string of the molecule is COC(=O)[C@H]1[C@H](C(C)C)OC(=O)N1Cc1cccc(OC)c1. The molecule has 120 valence electrons. The average Bonchev–Trinajstić information content (AvgIpc) is 2.84. The number of methoxy groups -OCH3 is 2. The smallest absolute Gasteiger partial charge is 0.411 e. The van der Waals surface area contributed by atoms with Crippen LogP contribution in [-0.4, -0.2) is 43.3 Å². The number of rotatable bonds is 5. The second-order valence-corrected chi connectivity index (χ2v) is 5.54. The molecule has 1 heterocycles. The molecule has 0 radical (unpaired) electrons. The molecular weight excluding hydrogens is 286 g/mol. The van der Waals surface area contributed by atoms with Gasteiger partial charge in [0.1, 0.15) is 11.9 Å². The van der Waals surface area contributed by atoms with E-state index in [1.807, 2.05) is 38.1 Å². The van der Waals surface area contributed by atoms with Crippen molar-refractivity contribution >= 4 is 12.1 Å². The highest BCUT2D eigenvalue weighted by molar-refractivity contribution is 5.85. The Bertz CT molecular complexity index is 557. The van der Waals surface area contributed by atoms with E-state index < -0.39 is 24.2 Å². The zero-order chi connectivity index (χ0) is 16.3. The summed E-state index contributed by atoms with van der Waals surface area (Å²) in [5.74, 6) is 0.246. The van der Waals surface area contributed by atoms with E-state index in [1.165, 1.54) is 12.0 Å². The number of carbonyl (C=O) groups is 2. The molecule has 22 heavy (non-hydrogen) atoms. The van der Waals surface area contributed by atoms with Gasteiger partial charge in [-0.3, -0.25) is 4.90 Å². The van der Waals surface area contributed by atoms with E-state index in [1.54, 1.807) is 7.11 Å². The van der Waals surface area contributed by atoms with Crippen molar-refractivity contribution in [1.82, 2.24) is 4.90 Å². The molecule has 0 unspecified atom stereocenters. The quantitative estimate of drug-likeness (QED) is 0.780. The number of amides is 1. The molecule has 0 spiro atoms. The van der Waals surface area contributed by atoms with Gasteiger partial charge in [0.15, 0.2) is 6.04 Å². The number of hydrogen-bond acceptors (Lipinski definition) is 5. The molecular formula is C16H21NO5. The maximum Gasteiger partial charge on any atom is 0.411 e. The zero-order valence-corrected chi connectivity index (χ0v) is 13.2. The lowest BCUT2D eigenvalue weighted by atomic mass is 9.99. The largest absolute Gasteiger partial charge is 0.497 e. The van der Waals surface area contributed by atoms with Crippen LogP contribution in [0, 0.1) is 5.92 Å². The first-order chi connectivity index (χ1) is 10.5. The number of carbonyl (C=O) groups excluding carboxylic acids is 2. The Morgan fingerprint density at radius 2 is 2.09 bits per heavy atom. The number of cyclic esters (lactones) is 1. The molecule has 0 aromatic heterocycles. The van der Waals surface area contributed by atoms with E-state index in [2.05, 4.69) is 0 Å². The standard InChI is InChI=1S/C16H21NO5/c1-10(2)14-13(15(18)21-4)17(16(19)22-14)9-11-6-5-7-12(8-11)20-3/h5-8,10,13-14H,9H2,1-4H3/t13-,14+/m1/s1. The Balaban J connectivity index is 2.26. The maximum atomic E-state index is 12.1. The first-order valence-corrected chi connectivity index (χ1v) is 7.16. The van der Waals surface area contributed by atoms with Crippen molar-refractivity contribution < 1.29 is 23.8 Å². The zero-order valence-electron chi connectivity index (χ0n) is 13.2. The third-order valence-electron chi connectivity index (χ3n) is 3.71. The summed E-state index contributed by atoms with van der Waals surface area (Å²) in [4.78, 5) is 25.6. The summed E-state index contributed by atoms with van der Waals surface area (Å²) >= 11 is 0. The van der Waals surface area contributed by atoms with E-state index in [4.69, 9.17) is 14.2 Å². The number of hydrogen-bond donors (Lipinski definition) is 0. The highest BCUT2D eigenvalue weighted by atomic mass is 16.6. The minimum Gasteiger partial charge on any atom is -0.497 e. The fourth-order valence-electron chi connectivity index (χ4n) is 2.55. The molecule has 1 aromatic rings. The van der Waals surface area contributed by atoms with Crippen molar-refractivity contribution in [2.45, 2.75) is 32.5 Å². The van der Waals surface area contributed by atoms with Crippen LogP contribution in [0.2, 0.25) is 0 Å². The third kappa shape index (κ3) is 3.16. The topological polar surface area (TPSA) is 65.1 Å². The lowest BCUT2D eigenvalue weighted by molar-refractivity contribution is -0.147. The van der Waals surface area contributed by atoms with Crippen molar-refractivity contribution in [1.29, 1.82) is 0 Å². The fourth-order valence-corrected chi connectivity index (χ4v) is 2.55. The van der Waals surface area contributed by atoms with Crippen LogP contribution >= 0.6 is 0 Å². The second-order valence-electron chi connectivity index (χ2n) is 5.54. The van der Waals surface area contributed by atoms with Gasteiger partial charge in [0.05, 0.1) is 20.8 Å². The summed E-state index contributed by atoms with van der Waals surface area (Å²) in [6, 6.07) is 6.61. The number of ether oxygens (including phenoxy) is 3. The van der Waals surface area contributed by atoms with Crippen LogP contribution in [0.5, 0.6) is 5.75 Å². The van der Waals surface area contributed by atoms with Crippen LogP contribution in [0.15, 0.2) is 24.3 Å². The molecule has 0 N–H and O–H groups in total. The van der Waals surface area contributed by atoms with Crippen molar-refractivity contribution in [3.63, 3.8) is 0 Å². The Kier molecular flexibility index (Phi) is 4.90. The first-order valence-electron chi connectivity index (χ1n) is 7.16. The summed E-state index contributed by atoms with van der Waals surface area (Å²) in [5.41, 5.74) is 0.856. The van der Waals surface area contributed by atoms with E-state index in [9.17, 15) is 9.59 Å². The van der Waals surface area contributed by atoms with Crippen molar-refractivity contribution in [3.05, 3.63) is 29.8 Å². The van der Waals surface area contributed by atoms with E-state index >= 15 is 0 Å². The van der Waals surface area contributed by atoms with Gasteiger partial charge in [-0.2, -0.15) is 0 Å². The minimum atomic E-state index is -0.733. The van der Waals surface area contributed by atoms with Crippen molar-refractivity contribution in [2.24, 2.45) is 5.92 Å². The Labute approximate surface area is 129 Å². The third-order valence-corrected chi connectivity index (χ3v) is 3.71. The van der Waals surface area contributed by atoms with Crippen molar-refractivity contribution in [3.8, 4) is 5.75 Å². The van der Waals surface area contributed by atoms with Crippen LogP contribution in [0.4, 0.5) is 4.79 Å². The summed E-state index contributed by atoms with van der Waals surface area (Å²) in [7, 11) is 2.89. The molecule has 2 atom stereocenters. The van der Waals surface area contributed by atoms with Gasteiger partial charge in [0, 0.05) is 0 Å². The predicted octanol–water partition coefficient (Wildman–Crippen LogP) is 2.21. The van der Waals surface area contributed by atoms with E-state index in [0.717, 1.165) is 5.56 Å². The van der Waals surface area contributed by atoms with Gasteiger partial charge in [0.2, 0.25) is 0 Å². The number of benzene rings is 1. The molecule has 6 heteroatoms. The first kappa shape index (κ1) is 16.1. The normalized spacial score (nSPS) is 21.0. The Hall–Kier alpha value is -2.24. The lowest BCUT2D eigenvalue weighted by Gasteiger charge is -2.24. The lowest BCUT2D eigenvalue weighted by Crippen LogP contribution is -2.44. The van der Waals surface area contributed by atoms with Gasteiger partial charge in [-0.1, -0.05) is 26.0 Å². The highest BCUT2D eigenvalue weighted by Gasteiger charge is 2.48. The molecule has 0 aliphatic carbocycles.